The molecule has 0 spiro atoms. The number of Topliss-reactive ketones (excluding diaryl/α,β-unsaturated/α-hetero) is 1. The second-order valence-corrected chi connectivity index (χ2v) is 32.6. The first-order chi connectivity index (χ1) is 34.0. The first-order valence-electron chi connectivity index (χ1n) is 25.3. The molecule has 4 bridgehead atoms. The van der Waals surface area contributed by atoms with Crippen molar-refractivity contribution in [3.8, 4) is 0 Å². The summed E-state index contributed by atoms with van der Waals surface area (Å²) >= 11 is 0. The van der Waals surface area contributed by atoms with E-state index in [9.17, 15) is 24.3 Å². The predicted molar refractivity (Wildman–Crippen MR) is 274 cm³/mol. The van der Waals surface area contributed by atoms with Crippen LogP contribution in [-0.2, 0) is 46.9 Å². The van der Waals surface area contributed by atoms with Crippen LogP contribution >= 0.6 is 0 Å². The van der Waals surface area contributed by atoms with Crippen molar-refractivity contribution in [1.82, 2.24) is 4.90 Å². The lowest BCUT2D eigenvalue weighted by atomic mass is 9.44. The fraction of sp³-hybridized carbons (Fsp3) is 0.536. The molecule has 11 atom stereocenters. The van der Waals surface area contributed by atoms with E-state index in [0.717, 1.165) is 4.90 Å². The summed E-state index contributed by atoms with van der Waals surface area (Å²) in [6.45, 7) is 23.0. The molecule has 73 heavy (non-hydrogen) atoms. The lowest BCUT2D eigenvalue weighted by molar-refractivity contribution is -0.344. The predicted octanol–water partition coefficient (Wildman–Crippen LogP) is 9.10. The molecule has 5 aliphatic rings. The van der Waals surface area contributed by atoms with Crippen LogP contribution in [0, 0.1) is 22.7 Å². The number of hydrogen-bond donors (Lipinski definition) is 1. The minimum atomic E-state index is -2.90. The number of ketones is 1. The molecule has 2 saturated heterocycles. The van der Waals surface area contributed by atoms with Crippen LogP contribution < -0.4 is 0 Å². The Labute approximate surface area is 430 Å². The molecule has 2 aliphatic heterocycles. The second-order valence-electron chi connectivity index (χ2n) is 23.6. The van der Waals surface area contributed by atoms with Crippen LogP contribution in [0.3, 0.4) is 0 Å². The molecular formula is C56H71NO14Si2. The van der Waals surface area contributed by atoms with E-state index in [1.165, 1.54) is 6.92 Å². The van der Waals surface area contributed by atoms with Crippen molar-refractivity contribution < 1.29 is 66.4 Å². The zero-order valence-electron chi connectivity index (χ0n) is 44.3. The molecule has 3 aromatic rings. The van der Waals surface area contributed by atoms with Gasteiger partial charge in [-0.2, -0.15) is 0 Å². The van der Waals surface area contributed by atoms with Crippen molar-refractivity contribution in [3.05, 3.63) is 119 Å². The number of aliphatic hydroxyl groups is 1. The van der Waals surface area contributed by atoms with E-state index >= 15 is 9.59 Å². The lowest BCUT2D eigenvalue weighted by Crippen LogP contribution is -2.82. The third kappa shape index (κ3) is 9.58. The molecule has 0 aromatic heterocycles. The van der Waals surface area contributed by atoms with E-state index < -0.39 is 128 Å². The average molecular weight is 1040 g/mol. The van der Waals surface area contributed by atoms with Gasteiger partial charge in [-0.05, 0) is 114 Å². The van der Waals surface area contributed by atoms with Gasteiger partial charge in [0.15, 0.2) is 28.0 Å². The van der Waals surface area contributed by atoms with Crippen molar-refractivity contribution in [3.63, 3.8) is 0 Å². The van der Waals surface area contributed by atoms with Crippen LogP contribution in [-0.4, -0.2) is 116 Å². The minimum Gasteiger partial charge on any atom is -0.457 e. The largest absolute Gasteiger partial charge is 0.457 e. The molecule has 3 aliphatic carbocycles. The van der Waals surface area contributed by atoms with Crippen molar-refractivity contribution in [2.45, 2.75) is 160 Å². The number of nitrogens with zero attached hydrogens (tertiary/aromatic N) is 1. The average Bonchev–Trinajstić information content (AvgIpc) is 3.32. The topological polar surface area (TPSA) is 190 Å². The maximum Gasteiger partial charge on any atom is 0.417 e. The molecule has 4 fully saturated rings. The summed E-state index contributed by atoms with van der Waals surface area (Å²) in [6, 6.07) is 23.8. The molecule has 0 radical (unpaired) electrons. The molecule has 3 aromatic carbocycles. The van der Waals surface area contributed by atoms with Gasteiger partial charge in [-0.1, -0.05) is 80.6 Å². The number of amides is 2. The maximum atomic E-state index is 16.5. The molecule has 17 heteroatoms. The monoisotopic (exact) mass is 1040 g/mol. The normalized spacial score (nSPS) is 31.7. The van der Waals surface area contributed by atoms with Gasteiger partial charge >= 0.3 is 24.0 Å². The van der Waals surface area contributed by atoms with Crippen LogP contribution in [0.4, 0.5) is 4.79 Å². The zero-order valence-corrected chi connectivity index (χ0v) is 46.3. The number of ether oxygens (including phenoxy) is 5. The van der Waals surface area contributed by atoms with Crippen LogP contribution in [0.25, 0.3) is 0 Å². The van der Waals surface area contributed by atoms with E-state index in [1.54, 1.807) is 146 Å². The van der Waals surface area contributed by atoms with E-state index in [4.69, 9.17) is 32.5 Å². The van der Waals surface area contributed by atoms with Crippen molar-refractivity contribution in [2.75, 3.05) is 6.61 Å². The highest BCUT2D eigenvalue weighted by Gasteiger charge is 2.79. The van der Waals surface area contributed by atoms with Gasteiger partial charge in [0.05, 0.1) is 41.6 Å². The van der Waals surface area contributed by atoms with E-state index in [0.29, 0.717) is 22.4 Å². The van der Waals surface area contributed by atoms with Crippen molar-refractivity contribution in [2.24, 2.45) is 22.7 Å². The quantitative estimate of drug-likeness (QED) is 0.0924. The van der Waals surface area contributed by atoms with Crippen molar-refractivity contribution in [1.29, 1.82) is 0 Å². The summed E-state index contributed by atoms with van der Waals surface area (Å²) < 4.78 is 46.5. The fourth-order valence-corrected chi connectivity index (χ4v) is 23.7. The van der Waals surface area contributed by atoms with Gasteiger partial charge < -0.3 is 37.6 Å². The Morgan fingerprint density at radius 3 is 1.92 bits per heavy atom. The standard InChI is InChI=1S/C56H71NO14Si2/c1-33-39(66-49(61)34(2)43(36-23-17-14-18-24-36)57(51(63)69-52(4,5)6)48(60)37-25-19-15-20-26-37)30-56(64)47(67-50(62)38-27-21-16-22-28-38)45-54(9)40(29-41-55(45,31-65-41)68-35(3)58)70-72(10,11)32-73(12,13)71-44(46(54)59)42(33)53(56,7)8/h14-28,34,39-41,43-45,47,64H,29-32H2,1-13H3/t34-,39+,40-,41+,43+,44+,45?,47+,54+,55?,56+/m0/s1. The zero-order chi connectivity index (χ0) is 53.4. The van der Waals surface area contributed by atoms with Crippen LogP contribution in [0.5, 0.6) is 0 Å². The Balaban J connectivity index is 1.33. The van der Waals surface area contributed by atoms with Gasteiger partial charge in [-0.15, -0.1) is 0 Å². The minimum absolute atomic E-state index is 0.164. The number of carbonyl (C=O) groups excluding carboxylic acids is 6. The van der Waals surface area contributed by atoms with Gasteiger partial charge in [-0.25, -0.2) is 14.5 Å². The van der Waals surface area contributed by atoms with Gasteiger partial charge in [0.2, 0.25) is 0 Å². The van der Waals surface area contributed by atoms with E-state index in [2.05, 4.69) is 13.1 Å². The number of rotatable bonds is 9. The molecule has 15 nitrogen and oxygen atoms in total. The highest BCUT2D eigenvalue weighted by molar-refractivity contribution is 6.89. The highest BCUT2D eigenvalue weighted by atomic mass is 28.4. The number of benzene rings is 3. The maximum absolute atomic E-state index is 16.5. The summed E-state index contributed by atoms with van der Waals surface area (Å²) in [5, 5.41) is 14.3. The molecule has 392 valence electrons. The summed E-state index contributed by atoms with van der Waals surface area (Å²) in [4.78, 5) is 90.1. The first kappa shape index (κ1) is 54.0. The molecule has 2 saturated carbocycles. The second kappa shape index (κ2) is 19.1. The summed E-state index contributed by atoms with van der Waals surface area (Å²) in [5.74, 6) is -6.02. The number of carbonyl (C=O) groups is 6. The Morgan fingerprint density at radius 1 is 0.808 bits per heavy atom. The van der Waals surface area contributed by atoms with Crippen LogP contribution in [0.2, 0.25) is 31.9 Å². The number of esters is 3. The van der Waals surface area contributed by atoms with Gasteiger partial charge in [0, 0.05) is 30.7 Å². The van der Waals surface area contributed by atoms with Crippen molar-refractivity contribution >= 4 is 52.3 Å². The first-order valence-corrected chi connectivity index (χ1v) is 31.5. The Kier molecular flexibility index (Phi) is 14.1. The summed E-state index contributed by atoms with van der Waals surface area (Å²) in [7, 11) is -5.62. The Hall–Kier alpha value is -5.31. The Morgan fingerprint density at radius 2 is 1.37 bits per heavy atom. The van der Waals surface area contributed by atoms with Crippen LogP contribution in [0.15, 0.2) is 102 Å². The number of imide groups is 1. The van der Waals surface area contributed by atoms with Gasteiger partial charge in [0.1, 0.15) is 35.6 Å². The van der Waals surface area contributed by atoms with E-state index in [-0.39, 0.29) is 30.6 Å². The van der Waals surface area contributed by atoms with Gasteiger partial charge in [0.25, 0.3) is 5.91 Å². The van der Waals surface area contributed by atoms with Gasteiger partial charge in [-0.3, -0.25) is 19.2 Å². The molecule has 1 N–H and O–H groups in total. The molecule has 2 heterocycles. The Bertz CT molecular complexity index is 2690. The van der Waals surface area contributed by atoms with E-state index in [1.807, 2.05) is 13.1 Å². The smallest absolute Gasteiger partial charge is 0.417 e. The fourth-order valence-electron chi connectivity index (χ4n) is 12.9. The third-order valence-electron chi connectivity index (χ3n) is 16.0. The molecule has 2 amide bonds. The molecule has 8 rings (SSSR count). The van der Waals surface area contributed by atoms with Crippen LogP contribution in [0.1, 0.15) is 107 Å². The molecule has 2 unspecified atom stereocenters. The lowest BCUT2D eigenvalue weighted by Gasteiger charge is -2.68. The summed E-state index contributed by atoms with van der Waals surface area (Å²) in [6.07, 6.45) is -7.15. The third-order valence-corrected chi connectivity index (χ3v) is 24.6. The summed E-state index contributed by atoms with van der Waals surface area (Å²) in [5.41, 5.74) is -5.83. The highest BCUT2D eigenvalue weighted by Crippen LogP contribution is 2.65. The molecular weight excluding hydrogens is 967 g/mol. The number of fused-ring (bicyclic) bond motifs is 6. The SMILES string of the molecule is CC(=O)OC12CO[C@@H]1C[C@@H]1O[Si](C)(C)C[Si](C)(C)O[C@H]3C(=O)[C@@]1(C)C2[C@@H](OC(=O)c1ccccc1)[C@]1(O)C[C@@H](OC(=O)[C@@H](C)[C@H](c2ccccc2)N(C(=O)OC(C)(C)C)C(=O)c2ccccc2)C(C)=C3C1(C)C. The number of hydrogen-bond acceptors (Lipinski definition) is 14.